The van der Waals surface area contributed by atoms with Crippen LogP contribution in [0.4, 0.5) is 0 Å². The number of halogens is 1. The summed E-state index contributed by atoms with van der Waals surface area (Å²) < 4.78 is 6.45. The zero-order valence-corrected chi connectivity index (χ0v) is 16.4. The molecule has 3 aromatic carbocycles. The third-order valence-corrected chi connectivity index (χ3v) is 4.86. The summed E-state index contributed by atoms with van der Waals surface area (Å²) >= 11 is 3.54. The van der Waals surface area contributed by atoms with E-state index in [4.69, 9.17) is 4.74 Å². The fourth-order valence-corrected chi connectivity index (χ4v) is 3.24. The lowest BCUT2D eigenvalue weighted by molar-refractivity contribution is -0.123. The third kappa shape index (κ3) is 4.65. The van der Waals surface area contributed by atoms with E-state index in [1.165, 1.54) is 0 Å². The second kappa shape index (κ2) is 8.68. The monoisotopic (exact) mass is 426 g/mol. The number of hydrogen-bond donors (Lipinski definition) is 2. The van der Waals surface area contributed by atoms with Crippen molar-refractivity contribution in [2.24, 2.45) is 5.10 Å². The van der Waals surface area contributed by atoms with Crippen LogP contribution in [-0.2, 0) is 4.79 Å². The average Bonchev–Trinajstić information content (AvgIpc) is 2.69. The van der Waals surface area contributed by atoms with Crippen LogP contribution in [0.15, 0.2) is 70.2 Å². The van der Waals surface area contributed by atoms with Crippen LogP contribution in [-0.4, -0.2) is 23.3 Å². The molecule has 0 saturated heterocycles. The third-order valence-electron chi connectivity index (χ3n) is 4.04. The second-order valence-corrected chi connectivity index (χ2v) is 6.67. The minimum atomic E-state index is -0.347. The van der Waals surface area contributed by atoms with Crippen LogP contribution < -0.4 is 10.2 Å². The van der Waals surface area contributed by atoms with E-state index in [-0.39, 0.29) is 18.3 Å². The number of nitrogens with zero attached hydrogens (tertiary/aromatic N) is 1. The maximum atomic E-state index is 12.1. The molecule has 0 bridgehead atoms. The number of amides is 1. The van der Waals surface area contributed by atoms with Gasteiger partial charge < -0.3 is 9.84 Å². The number of phenols is 1. The molecular formula is C21H19BrN2O3. The van der Waals surface area contributed by atoms with Crippen molar-refractivity contribution in [2.75, 3.05) is 6.61 Å². The van der Waals surface area contributed by atoms with E-state index in [1.807, 2.05) is 43.3 Å². The Labute approximate surface area is 165 Å². The Balaban J connectivity index is 1.64. The van der Waals surface area contributed by atoms with Gasteiger partial charge in [0.05, 0.1) is 10.2 Å². The molecule has 0 spiro atoms. The highest BCUT2D eigenvalue weighted by Gasteiger charge is 2.09. The molecule has 0 aliphatic carbocycles. The number of hydrogen-bond acceptors (Lipinski definition) is 4. The number of nitrogens with one attached hydrogen (secondary N) is 1. The molecule has 5 nitrogen and oxygen atoms in total. The molecule has 2 N–H and O–H groups in total. The molecule has 0 aromatic heterocycles. The number of fused-ring (bicyclic) bond motifs is 1. The summed E-state index contributed by atoms with van der Waals surface area (Å²) in [5.74, 6) is 0.439. The van der Waals surface area contributed by atoms with Gasteiger partial charge in [0.15, 0.2) is 6.61 Å². The summed E-state index contributed by atoms with van der Waals surface area (Å²) in [4.78, 5) is 12.1. The van der Waals surface area contributed by atoms with Crippen molar-refractivity contribution < 1.29 is 14.6 Å². The maximum Gasteiger partial charge on any atom is 0.277 e. The van der Waals surface area contributed by atoms with E-state index in [0.29, 0.717) is 12.2 Å². The first-order valence-corrected chi connectivity index (χ1v) is 9.32. The van der Waals surface area contributed by atoms with Crippen molar-refractivity contribution in [2.45, 2.75) is 13.3 Å². The van der Waals surface area contributed by atoms with Crippen molar-refractivity contribution in [1.82, 2.24) is 5.43 Å². The Hall–Kier alpha value is -2.86. The van der Waals surface area contributed by atoms with Gasteiger partial charge >= 0.3 is 0 Å². The lowest BCUT2D eigenvalue weighted by atomic mass is 10.1. The highest BCUT2D eigenvalue weighted by atomic mass is 79.9. The number of phenolic OH excluding ortho intramolecular Hbond substituents is 1. The Kier molecular flexibility index (Phi) is 6.08. The highest BCUT2D eigenvalue weighted by Crippen LogP contribution is 2.32. The van der Waals surface area contributed by atoms with E-state index in [9.17, 15) is 9.90 Å². The van der Waals surface area contributed by atoms with Crippen molar-refractivity contribution in [3.63, 3.8) is 0 Å². The number of ether oxygens (including phenoxy) is 1. The summed E-state index contributed by atoms with van der Waals surface area (Å²) in [6.45, 7) is 1.80. The molecule has 27 heavy (non-hydrogen) atoms. The van der Waals surface area contributed by atoms with Gasteiger partial charge in [0.25, 0.3) is 5.91 Å². The number of benzene rings is 3. The molecule has 138 valence electrons. The smallest absolute Gasteiger partial charge is 0.277 e. The average molecular weight is 427 g/mol. The van der Waals surface area contributed by atoms with Crippen molar-refractivity contribution in [3.8, 4) is 11.5 Å². The molecule has 0 fully saturated rings. The molecule has 0 heterocycles. The molecule has 0 radical (unpaired) electrons. The quantitative estimate of drug-likeness (QED) is 0.446. The maximum absolute atomic E-state index is 12.1. The van der Waals surface area contributed by atoms with Crippen molar-refractivity contribution in [3.05, 3.63) is 70.7 Å². The predicted molar refractivity (Wildman–Crippen MR) is 110 cm³/mol. The molecule has 0 atom stereocenters. The van der Waals surface area contributed by atoms with Crippen LogP contribution >= 0.6 is 15.9 Å². The van der Waals surface area contributed by atoms with E-state index in [0.717, 1.165) is 26.5 Å². The van der Waals surface area contributed by atoms with Gasteiger partial charge in [-0.05, 0) is 69.0 Å². The Bertz CT molecular complexity index is 984. The van der Waals surface area contributed by atoms with Crippen LogP contribution in [0, 0.1) is 0 Å². The topological polar surface area (TPSA) is 70.9 Å². The number of hydrazone groups is 1. The van der Waals surface area contributed by atoms with Gasteiger partial charge in [-0.25, -0.2) is 5.43 Å². The van der Waals surface area contributed by atoms with Gasteiger partial charge in [-0.1, -0.05) is 37.3 Å². The first kappa shape index (κ1) is 18.9. The normalized spacial score (nSPS) is 11.4. The van der Waals surface area contributed by atoms with Gasteiger partial charge in [-0.15, -0.1) is 0 Å². The van der Waals surface area contributed by atoms with Gasteiger partial charge in [0, 0.05) is 0 Å². The standard InChI is InChI=1S/C21H19BrN2O3/c1-2-18(15-7-10-16(25)11-8-15)23-24-20(26)13-27-19-12-9-14-5-3-4-6-17(14)21(19)22/h3-12,25H,2,13H2,1H3,(H,24,26). The summed E-state index contributed by atoms with van der Waals surface area (Å²) in [6, 6.07) is 18.4. The van der Waals surface area contributed by atoms with Gasteiger partial charge in [-0.2, -0.15) is 5.10 Å². The van der Waals surface area contributed by atoms with E-state index >= 15 is 0 Å². The van der Waals surface area contributed by atoms with Gasteiger partial charge in [-0.3, -0.25) is 4.79 Å². The van der Waals surface area contributed by atoms with Crippen molar-refractivity contribution in [1.29, 1.82) is 0 Å². The SMILES string of the molecule is CCC(=NNC(=O)COc1ccc2ccccc2c1Br)c1ccc(O)cc1. The summed E-state index contributed by atoms with van der Waals surface area (Å²) in [6.07, 6.45) is 0.641. The van der Waals surface area contributed by atoms with E-state index < -0.39 is 0 Å². The van der Waals surface area contributed by atoms with Gasteiger partial charge in [0.1, 0.15) is 11.5 Å². The predicted octanol–water partition coefficient (Wildman–Crippen LogP) is 4.62. The summed E-state index contributed by atoms with van der Waals surface area (Å²) in [5.41, 5.74) is 4.08. The van der Waals surface area contributed by atoms with Crippen LogP contribution in [0.5, 0.6) is 11.5 Å². The zero-order valence-electron chi connectivity index (χ0n) is 14.8. The van der Waals surface area contributed by atoms with Crippen LogP contribution in [0.25, 0.3) is 10.8 Å². The zero-order chi connectivity index (χ0) is 19.2. The molecule has 0 aliphatic rings. The molecule has 1 amide bonds. The fraction of sp³-hybridized carbons (Fsp3) is 0.143. The molecule has 0 unspecified atom stereocenters. The fourth-order valence-electron chi connectivity index (χ4n) is 2.63. The van der Waals surface area contributed by atoms with Crippen LogP contribution in [0.2, 0.25) is 0 Å². The highest BCUT2D eigenvalue weighted by molar-refractivity contribution is 9.10. The second-order valence-electron chi connectivity index (χ2n) is 5.88. The number of aromatic hydroxyl groups is 1. The van der Waals surface area contributed by atoms with E-state index in [2.05, 4.69) is 26.5 Å². The number of carbonyl (C=O) groups excluding carboxylic acids is 1. The van der Waals surface area contributed by atoms with Crippen LogP contribution in [0.1, 0.15) is 18.9 Å². The minimum absolute atomic E-state index is 0.146. The Morgan fingerprint density at radius 3 is 2.59 bits per heavy atom. The summed E-state index contributed by atoms with van der Waals surface area (Å²) in [7, 11) is 0. The molecule has 3 rings (SSSR count). The largest absolute Gasteiger partial charge is 0.508 e. The molecule has 6 heteroatoms. The van der Waals surface area contributed by atoms with Gasteiger partial charge in [0.2, 0.25) is 0 Å². The summed E-state index contributed by atoms with van der Waals surface area (Å²) in [5, 5.41) is 15.6. The molecule has 0 aliphatic heterocycles. The van der Waals surface area contributed by atoms with E-state index in [1.54, 1.807) is 24.3 Å². The number of carbonyl (C=O) groups is 1. The number of rotatable bonds is 6. The lowest BCUT2D eigenvalue weighted by Gasteiger charge is -2.10. The lowest BCUT2D eigenvalue weighted by Crippen LogP contribution is -2.26. The molecule has 0 saturated carbocycles. The first-order chi connectivity index (χ1) is 13.1. The van der Waals surface area contributed by atoms with Crippen LogP contribution in [0.3, 0.4) is 0 Å². The van der Waals surface area contributed by atoms with Crippen molar-refractivity contribution >= 4 is 38.3 Å². The Morgan fingerprint density at radius 2 is 1.85 bits per heavy atom. The molecular weight excluding hydrogens is 408 g/mol. The first-order valence-electron chi connectivity index (χ1n) is 8.53. The molecule has 3 aromatic rings. The Morgan fingerprint density at radius 1 is 1.11 bits per heavy atom. The minimum Gasteiger partial charge on any atom is -0.508 e.